The zero-order valence-electron chi connectivity index (χ0n) is 17.5. The number of thioether (sulfide) groups is 1. The topological polar surface area (TPSA) is 65.1 Å². The highest BCUT2D eigenvalue weighted by Crippen LogP contribution is 2.35. The number of amides is 2. The van der Waals surface area contributed by atoms with E-state index in [2.05, 4.69) is 4.74 Å². The average Bonchev–Trinajstić information content (AvgIpc) is 3.07. The summed E-state index contributed by atoms with van der Waals surface area (Å²) >= 11 is 0.805. The molecule has 0 N–H and O–H groups in total. The molecule has 0 aromatic heterocycles. The minimum absolute atomic E-state index is 0.0896. The van der Waals surface area contributed by atoms with Crippen molar-refractivity contribution in [3.05, 3.63) is 71.1 Å². The zero-order chi connectivity index (χ0) is 23.4. The summed E-state index contributed by atoms with van der Waals surface area (Å²) in [4.78, 5) is 26.5. The first-order valence-corrected chi connectivity index (χ1v) is 10.8. The lowest BCUT2D eigenvalue weighted by Crippen LogP contribution is -2.32. The number of hydrogen-bond donors (Lipinski definition) is 0. The molecule has 1 heterocycles. The molecular weight excluding hydrogens is 452 g/mol. The summed E-state index contributed by atoms with van der Waals surface area (Å²) in [5, 5.41) is 1.57. The molecule has 0 aliphatic carbocycles. The number of halogens is 2. The van der Waals surface area contributed by atoms with E-state index in [1.165, 1.54) is 31.4 Å². The Morgan fingerprint density at radius 1 is 1.00 bits per heavy atom. The fourth-order valence-electron chi connectivity index (χ4n) is 3.38. The second-order valence-corrected chi connectivity index (χ2v) is 7.94. The van der Waals surface area contributed by atoms with Crippen LogP contribution in [0.25, 0.3) is 16.8 Å². The molecule has 9 heteroatoms. The van der Waals surface area contributed by atoms with Crippen LogP contribution in [0.15, 0.2) is 65.6 Å². The van der Waals surface area contributed by atoms with Crippen molar-refractivity contribution >= 4 is 39.8 Å². The van der Waals surface area contributed by atoms with Crippen molar-refractivity contribution in [1.29, 1.82) is 0 Å². The summed E-state index contributed by atoms with van der Waals surface area (Å²) in [6.45, 7) is -2.75. The predicted molar refractivity (Wildman–Crippen MR) is 122 cm³/mol. The fourth-order valence-corrected chi connectivity index (χ4v) is 4.24. The second-order valence-electron chi connectivity index (χ2n) is 6.95. The molecular formula is C24H19F2NO5S. The number of imide groups is 1. The Morgan fingerprint density at radius 3 is 2.58 bits per heavy atom. The van der Waals surface area contributed by atoms with Gasteiger partial charge in [0, 0.05) is 5.39 Å². The van der Waals surface area contributed by atoms with Gasteiger partial charge in [-0.25, -0.2) is 0 Å². The predicted octanol–water partition coefficient (Wildman–Crippen LogP) is 5.57. The summed E-state index contributed by atoms with van der Waals surface area (Å²) in [6, 6.07) is 17.7. The van der Waals surface area contributed by atoms with Crippen molar-refractivity contribution in [2.45, 2.75) is 6.61 Å². The van der Waals surface area contributed by atoms with Gasteiger partial charge < -0.3 is 14.2 Å². The normalized spacial score (nSPS) is 15.0. The molecule has 0 atom stereocenters. The summed E-state index contributed by atoms with van der Waals surface area (Å²) in [5.74, 6) is 0.197. The van der Waals surface area contributed by atoms with Crippen molar-refractivity contribution in [2.75, 3.05) is 20.3 Å². The molecule has 3 aromatic carbocycles. The van der Waals surface area contributed by atoms with Gasteiger partial charge in [0.05, 0.1) is 18.6 Å². The quantitative estimate of drug-likeness (QED) is 0.401. The van der Waals surface area contributed by atoms with Gasteiger partial charge in [-0.1, -0.05) is 42.5 Å². The van der Waals surface area contributed by atoms with Gasteiger partial charge in [0.15, 0.2) is 11.5 Å². The number of benzene rings is 3. The van der Waals surface area contributed by atoms with Gasteiger partial charge in [0.25, 0.3) is 11.1 Å². The van der Waals surface area contributed by atoms with Crippen LogP contribution < -0.4 is 14.2 Å². The third-order valence-electron chi connectivity index (χ3n) is 4.90. The molecule has 0 radical (unpaired) electrons. The first-order chi connectivity index (χ1) is 16.0. The molecule has 6 nitrogen and oxygen atoms in total. The summed E-state index contributed by atoms with van der Waals surface area (Å²) in [5.41, 5.74) is 0.506. The summed E-state index contributed by atoms with van der Waals surface area (Å²) in [7, 11) is 1.32. The van der Waals surface area contributed by atoms with Crippen LogP contribution in [0, 0.1) is 0 Å². The third kappa shape index (κ3) is 5.09. The lowest BCUT2D eigenvalue weighted by Gasteiger charge is -2.14. The molecule has 0 saturated carbocycles. The van der Waals surface area contributed by atoms with Crippen molar-refractivity contribution < 1.29 is 32.6 Å². The Labute approximate surface area is 192 Å². The largest absolute Gasteiger partial charge is 0.493 e. The number of carbonyl (C=O) groups is 2. The number of carbonyl (C=O) groups excluding carboxylic acids is 2. The van der Waals surface area contributed by atoms with Crippen molar-refractivity contribution in [3.8, 4) is 17.2 Å². The van der Waals surface area contributed by atoms with E-state index >= 15 is 0 Å². The van der Waals surface area contributed by atoms with Crippen LogP contribution in [0.1, 0.15) is 5.56 Å². The third-order valence-corrected chi connectivity index (χ3v) is 5.80. The average molecular weight is 471 g/mol. The molecule has 4 rings (SSSR count). The minimum atomic E-state index is -2.99. The number of fused-ring (bicyclic) bond motifs is 1. The number of rotatable bonds is 8. The van der Waals surface area contributed by atoms with Gasteiger partial charge in [-0.3, -0.25) is 14.5 Å². The first-order valence-electron chi connectivity index (χ1n) is 9.95. The van der Waals surface area contributed by atoms with E-state index < -0.39 is 17.8 Å². The van der Waals surface area contributed by atoms with Gasteiger partial charge in [0.2, 0.25) is 0 Å². The summed E-state index contributed by atoms with van der Waals surface area (Å²) < 4.78 is 40.3. The van der Waals surface area contributed by atoms with E-state index in [0.29, 0.717) is 11.3 Å². The van der Waals surface area contributed by atoms with Crippen molar-refractivity contribution in [3.63, 3.8) is 0 Å². The molecule has 1 aliphatic rings. The van der Waals surface area contributed by atoms with Crippen LogP contribution in [-0.4, -0.2) is 42.9 Å². The van der Waals surface area contributed by atoms with Crippen LogP contribution in [0.5, 0.6) is 17.2 Å². The first kappa shape index (κ1) is 22.6. The molecule has 1 saturated heterocycles. The van der Waals surface area contributed by atoms with E-state index in [4.69, 9.17) is 9.47 Å². The van der Waals surface area contributed by atoms with Crippen LogP contribution >= 0.6 is 11.8 Å². The van der Waals surface area contributed by atoms with Gasteiger partial charge in [-0.05, 0) is 47.0 Å². The van der Waals surface area contributed by atoms with Crippen LogP contribution in [0.3, 0.4) is 0 Å². The molecule has 2 amide bonds. The standard InChI is InChI=1S/C24H19F2NO5S/c1-30-20-13-15(9-10-19(20)32-23(25)26)14-21-22(28)27(24(29)33-21)11-12-31-18-8-4-6-16-5-2-3-7-17(16)18/h2-10,13-14,23H,11-12H2,1H3/b21-14-. The van der Waals surface area contributed by atoms with Crippen molar-refractivity contribution in [2.24, 2.45) is 0 Å². The maximum absolute atomic E-state index is 12.7. The highest BCUT2D eigenvalue weighted by Gasteiger charge is 2.34. The number of nitrogens with zero attached hydrogens (tertiary/aromatic N) is 1. The van der Waals surface area contributed by atoms with Crippen LogP contribution in [-0.2, 0) is 4.79 Å². The smallest absolute Gasteiger partial charge is 0.387 e. The molecule has 1 aliphatic heterocycles. The van der Waals surface area contributed by atoms with E-state index in [1.807, 2.05) is 42.5 Å². The maximum atomic E-state index is 12.7. The number of methoxy groups -OCH3 is 1. The molecule has 0 bridgehead atoms. The van der Waals surface area contributed by atoms with Gasteiger partial charge in [-0.2, -0.15) is 8.78 Å². The highest BCUT2D eigenvalue weighted by atomic mass is 32.2. The minimum Gasteiger partial charge on any atom is -0.493 e. The van der Waals surface area contributed by atoms with Gasteiger partial charge in [-0.15, -0.1) is 0 Å². The molecule has 33 heavy (non-hydrogen) atoms. The van der Waals surface area contributed by atoms with Crippen LogP contribution in [0.4, 0.5) is 13.6 Å². The van der Waals surface area contributed by atoms with Gasteiger partial charge in [0.1, 0.15) is 12.4 Å². The Balaban J connectivity index is 1.43. The lowest BCUT2D eigenvalue weighted by atomic mass is 10.1. The lowest BCUT2D eigenvalue weighted by molar-refractivity contribution is -0.123. The summed E-state index contributed by atoms with van der Waals surface area (Å²) in [6.07, 6.45) is 1.51. The van der Waals surface area contributed by atoms with E-state index in [0.717, 1.165) is 27.4 Å². The van der Waals surface area contributed by atoms with Gasteiger partial charge >= 0.3 is 6.61 Å². The Hall–Kier alpha value is -3.59. The SMILES string of the molecule is COc1cc(/C=C2\SC(=O)N(CCOc3cccc4ccccc34)C2=O)ccc1OC(F)F. The number of ether oxygens (including phenoxy) is 3. The molecule has 1 fully saturated rings. The Morgan fingerprint density at radius 2 is 1.79 bits per heavy atom. The zero-order valence-corrected chi connectivity index (χ0v) is 18.3. The van der Waals surface area contributed by atoms with E-state index in [1.54, 1.807) is 0 Å². The fraction of sp³-hybridized carbons (Fsp3) is 0.167. The van der Waals surface area contributed by atoms with E-state index in [-0.39, 0.29) is 29.6 Å². The molecule has 3 aromatic rings. The number of alkyl halides is 2. The molecule has 0 spiro atoms. The second kappa shape index (κ2) is 9.91. The highest BCUT2D eigenvalue weighted by molar-refractivity contribution is 8.18. The van der Waals surface area contributed by atoms with E-state index in [9.17, 15) is 18.4 Å². The Kier molecular flexibility index (Phi) is 6.79. The molecule has 170 valence electrons. The maximum Gasteiger partial charge on any atom is 0.387 e. The molecule has 0 unspecified atom stereocenters. The van der Waals surface area contributed by atoms with Crippen molar-refractivity contribution in [1.82, 2.24) is 4.90 Å². The Bertz CT molecular complexity index is 1230. The number of hydrogen-bond acceptors (Lipinski definition) is 6. The monoisotopic (exact) mass is 471 g/mol. The van der Waals surface area contributed by atoms with Crippen LogP contribution in [0.2, 0.25) is 0 Å².